The Morgan fingerprint density at radius 2 is 2.35 bits per heavy atom. The van der Waals surface area contributed by atoms with Crippen LogP contribution in [0.25, 0.3) is 5.69 Å². The first kappa shape index (κ1) is 13.2. The number of benzene rings is 1. The van der Waals surface area contributed by atoms with E-state index in [1.165, 1.54) is 16.8 Å². The minimum Gasteiger partial charge on any atom is -0.382 e. The van der Waals surface area contributed by atoms with E-state index in [0.29, 0.717) is 5.69 Å². The van der Waals surface area contributed by atoms with Gasteiger partial charge in [0.2, 0.25) is 5.71 Å². The Morgan fingerprint density at radius 1 is 1.55 bits per heavy atom. The first-order valence-electron chi connectivity index (χ1n) is 5.49. The van der Waals surface area contributed by atoms with Crippen molar-refractivity contribution < 1.29 is 4.39 Å². The number of nitriles is 1. The summed E-state index contributed by atoms with van der Waals surface area (Å²) in [5.41, 5.74) is 7.94. The van der Waals surface area contributed by atoms with Crippen LogP contribution in [0, 0.1) is 22.6 Å². The van der Waals surface area contributed by atoms with Crippen molar-refractivity contribution >= 4 is 17.2 Å². The monoisotopic (exact) mass is 271 g/mol. The zero-order chi connectivity index (χ0) is 14.5. The molecule has 1 aromatic heterocycles. The number of nitrogens with two attached hydrogens (primary N) is 1. The normalized spacial score (nSPS) is 10.9. The summed E-state index contributed by atoms with van der Waals surface area (Å²) < 4.78 is 15.3. The first-order valence-corrected chi connectivity index (χ1v) is 5.49. The van der Waals surface area contributed by atoms with Crippen LogP contribution in [0.2, 0.25) is 0 Å². The molecule has 2 aromatic rings. The Balaban J connectivity index is 2.23. The van der Waals surface area contributed by atoms with E-state index in [0.717, 1.165) is 0 Å². The van der Waals surface area contributed by atoms with E-state index in [4.69, 9.17) is 16.4 Å². The number of nitrogens with one attached hydrogen (secondary N) is 2. The molecule has 7 nitrogen and oxygen atoms in total. The molecule has 0 spiro atoms. The number of nitrogens with zero attached hydrogens (tertiary/aromatic N) is 4. The summed E-state index contributed by atoms with van der Waals surface area (Å²) in [6.45, 7) is 0. The largest absolute Gasteiger partial charge is 0.382 e. The van der Waals surface area contributed by atoms with Crippen molar-refractivity contribution in [2.75, 3.05) is 5.43 Å². The molecule has 0 unspecified atom stereocenters. The standard InChI is InChI=1S/C12H10FN7/c13-9-6-8(18-19-10(7-14)12(15)16)2-3-11(9)20-5-1-4-17-20/h1-6,18H,(H3,15,16)/b19-10+. The average Bonchev–Trinajstić information content (AvgIpc) is 2.93. The van der Waals surface area contributed by atoms with Crippen LogP contribution in [0.15, 0.2) is 41.8 Å². The summed E-state index contributed by atoms with van der Waals surface area (Å²) in [7, 11) is 0. The van der Waals surface area contributed by atoms with Crippen molar-refractivity contribution in [2.24, 2.45) is 10.8 Å². The number of hydrogen-bond donors (Lipinski definition) is 3. The third kappa shape index (κ3) is 2.78. The fraction of sp³-hybridized carbons (Fsp3) is 0. The summed E-state index contributed by atoms with van der Waals surface area (Å²) in [6.07, 6.45) is 3.16. The molecule has 20 heavy (non-hydrogen) atoms. The zero-order valence-electron chi connectivity index (χ0n) is 10.2. The SMILES string of the molecule is N#C/C(=N\Nc1ccc(-n2cccn2)c(F)c1)C(=N)N. The second-order valence-electron chi connectivity index (χ2n) is 3.71. The van der Waals surface area contributed by atoms with Crippen molar-refractivity contribution in [3.05, 3.63) is 42.5 Å². The Bertz CT molecular complexity index is 697. The number of aromatic nitrogens is 2. The van der Waals surface area contributed by atoms with Gasteiger partial charge in [-0.2, -0.15) is 15.5 Å². The Labute approximate surface area is 113 Å². The van der Waals surface area contributed by atoms with E-state index in [1.54, 1.807) is 30.6 Å². The van der Waals surface area contributed by atoms with Crippen molar-refractivity contribution in [1.29, 1.82) is 10.7 Å². The van der Waals surface area contributed by atoms with Crippen LogP contribution in [-0.2, 0) is 0 Å². The molecule has 0 amide bonds. The molecule has 0 aliphatic carbocycles. The van der Waals surface area contributed by atoms with Crippen molar-refractivity contribution in [3.8, 4) is 11.8 Å². The topological polar surface area (TPSA) is 116 Å². The summed E-state index contributed by atoms with van der Waals surface area (Å²) in [6, 6.07) is 7.62. The molecule has 8 heteroatoms. The van der Waals surface area contributed by atoms with Gasteiger partial charge in [0.15, 0.2) is 11.7 Å². The maximum Gasteiger partial charge on any atom is 0.201 e. The smallest absolute Gasteiger partial charge is 0.201 e. The molecule has 0 saturated carbocycles. The van der Waals surface area contributed by atoms with Gasteiger partial charge in [0.05, 0.1) is 5.69 Å². The van der Waals surface area contributed by atoms with Gasteiger partial charge < -0.3 is 5.73 Å². The predicted molar refractivity (Wildman–Crippen MR) is 72.1 cm³/mol. The van der Waals surface area contributed by atoms with Gasteiger partial charge in [-0.25, -0.2) is 9.07 Å². The lowest BCUT2D eigenvalue weighted by Gasteiger charge is -2.06. The summed E-state index contributed by atoms with van der Waals surface area (Å²) in [4.78, 5) is 0. The molecular weight excluding hydrogens is 261 g/mol. The molecule has 1 aromatic carbocycles. The molecule has 0 atom stereocenters. The summed E-state index contributed by atoms with van der Waals surface area (Å²) in [5, 5.41) is 23.3. The Kier molecular flexibility index (Phi) is 3.72. The Hall–Kier alpha value is -3.21. The van der Waals surface area contributed by atoms with Crippen LogP contribution >= 0.6 is 0 Å². The lowest BCUT2D eigenvalue weighted by molar-refractivity contribution is 0.611. The molecule has 0 saturated heterocycles. The third-order valence-corrected chi connectivity index (χ3v) is 2.36. The third-order valence-electron chi connectivity index (χ3n) is 2.36. The average molecular weight is 271 g/mol. The quantitative estimate of drug-likeness (QED) is 0.440. The minimum absolute atomic E-state index is 0.276. The van der Waals surface area contributed by atoms with E-state index in [2.05, 4.69) is 15.6 Å². The van der Waals surface area contributed by atoms with Crippen molar-refractivity contribution in [3.63, 3.8) is 0 Å². The molecule has 0 fully saturated rings. The van der Waals surface area contributed by atoms with E-state index in [-0.39, 0.29) is 11.4 Å². The number of halogens is 1. The lowest BCUT2D eigenvalue weighted by atomic mass is 10.2. The molecule has 0 radical (unpaired) electrons. The van der Waals surface area contributed by atoms with Crippen LogP contribution in [0.5, 0.6) is 0 Å². The highest BCUT2D eigenvalue weighted by molar-refractivity contribution is 6.45. The van der Waals surface area contributed by atoms with Gasteiger partial charge in [0.25, 0.3) is 0 Å². The molecule has 100 valence electrons. The van der Waals surface area contributed by atoms with Crippen LogP contribution in [-0.4, -0.2) is 21.3 Å². The molecule has 4 N–H and O–H groups in total. The second kappa shape index (κ2) is 5.62. The fourth-order valence-electron chi connectivity index (χ4n) is 1.44. The molecule has 0 aliphatic heterocycles. The molecule has 2 rings (SSSR count). The number of hydrazone groups is 1. The number of rotatable bonds is 4. The van der Waals surface area contributed by atoms with Crippen LogP contribution in [0.4, 0.5) is 10.1 Å². The first-order chi connectivity index (χ1) is 9.61. The highest BCUT2D eigenvalue weighted by Gasteiger charge is 2.06. The number of anilines is 1. The van der Waals surface area contributed by atoms with Crippen LogP contribution in [0.3, 0.4) is 0 Å². The van der Waals surface area contributed by atoms with Crippen molar-refractivity contribution in [2.45, 2.75) is 0 Å². The van der Waals surface area contributed by atoms with Gasteiger partial charge in [-0.05, 0) is 18.2 Å². The van der Waals surface area contributed by atoms with Crippen molar-refractivity contribution in [1.82, 2.24) is 9.78 Å². The van der Waals surface area contributed by atoms with Gasteiger partial charge >= 0.3 is 0 Å². The molecular formula is C12H10FN7. The maximum atomic E-state index is 13.9. The summed E-state index contributed by atoms with van der Waals surface area (Å²) >= 11 is 0. The van der Waals surface area contributed by atoms with Gasteiger partial charge in [-0.1, -0.05) is 0 Å². The maximum absolute atomic E-state index is 13.9. The fourth-order valence-corrected chi connectivity index (χ4v) is 1.44. The Morgan fingerprint density at radius 3 is 2.90 bits per heavy atom. The second-order valence-corrected chi connectivity index (χ2v) is 3.71. The molecule has 0 bridgehead atoms. The number of hydrogen-bond acceptors (Lipinski definition) is 5. The lowest BCUT2D eigenvalue weighted by Crippen LogP contribution is -2.21. The highest BCUT2D eigenvalue weighted by atomic mass is 19.1. The highest BCUT2D eigenvalue weighted by Crippen LogP contribution is 2.17. The minimum atomic E-state index is -0.504. The summed E-state index contributed by atoms with van der Waals surface area (Å²) in [5.74, 6) is -0.969. The van der Waals surface area contributed by atoms with Gasteiger partial charge in [0.1, 0.15) is 11.8 Å². The van der Waals surface area contributed by atoms with E-state index < -0.39 is 11.7 Å². The van der Waals surface area contributed by atoms with Gasteiger partial charge in [0, 0.05) is 18.5 Å². The van der Waals surface area contributed by atoms with Crippen LogP contribution < -0.4 is 11.2 Å². The van der Waals surface area contributed by atoms with Crippen LogP contribution in [0.1, 0.15) is 0 Å². The molecule has 1 heterocycles. The van der Waals surface area contributed by atoms with E-state index in [9.17, 15) is 4.39 Å². The predicted octanol–water partition coefficient (Wildman–Crippen LogP) is 1.24. The van der Waals surface area contributed by atoms with Gasteiger partial charge in [-0.3, -0.25) is 10.8 Å². The molecule has 0 aliphatic rings. The number of amidine groups is 1. The van der Waals surface area contributed by atoms with Gasteiger partial charge in [-0.15, -0.1) is 0 Å². The van der Waals surface area contributed by atoms with E-state index in [1.807, 2.05) is 0 Å². The van der Waals surface area contributed by atoms with E-state index >= 15 is 0 Å². The zero-order valence-corrected chi connectivity index (χ0v) is 10.2.